The highest BCUT2D eigenvalue weighted by Gasteiger charge is 2.10. The van der Waals surface area contributed by atoms with Crippen LogP contribution in [-0.4, -0.2) is 16.3 Å². The minimum absolute atomic E-state index is 0.118. The molecular formula is C18H24O2. The largest absolute Gasteiger partial charge is 0.507 e. The van der Waals surface area contributed by atoms with E-state index < -0.39 is 0 Å². The van der Waals surface area contributed by atoms with E-state index in [0.717, 1.165) is 31.3 Å². The molecule has 2 nitrogen and oxygen atoms in total. The average Bonchev–Trinajstić information content (AvgIpc) is 2.68. The molecule has 108 valence electrons. The lowest BCUT2D eigenvalue weighted by Crippen LogP contribution is -2.02. The highest BCUT2D eigenvalue weighted by atomic mass is 16.3. The van der Waals surface area contributed by atoms with Crippen molar-refractivity contribution in [3.63, 3.8) is 0 Å². The summed E-state index contributed by atoms with van der Waals surface area (Å²) in [6.07, 6.45) is 18.8. The zero-order valence-corrected chi connectivity index (χ0v) is 12.1. The van der Waals surface area contributed by atoms with E-state index >= 15 is 0 Å². The van der Waals surface area contributed by atoms with Gasteiger partial charge in [0.1, 0.15) is 5.76 Å². The summed E-state index contributed by atoms with van der Waals surface area (Å²) in [4.78, 5) is 0. The molecule has 2 aliphatic carbocycles. The average molecular weight is 272 g/mol. The second-order valence-electron chi connectivity index (χ2n) is 4.77. The van der Waals surface area contributed by atoms with Crippen molar-refractivity contribution in [2.45, 2.75) is 38.7 Å². The maximum absolute atomic E-state index is 9.55. The van der Waals surface area contributed by atoms with E-state index in [-0.39, 0.29) is 6.10 Å². The van der Waals surface area contributed by atoms with Gasteiger partial charge in [0.05, 0.1) is 6.10 Å². The van der Waals surface area contributed by atoms with E-state index in [1.165, 1.54) is 5.57 Å². The van der Waals surface area contributed by atoms with E-state index in [2.05, 4.69) is 12.7 Å². The molecule has 1 unspecified atom stereocenters. The number of allylic oxidation sites excluding steroid dienone is 9. The van der Waals surface area contributed by atoms with Crippen molar-refractivity contribution in [1.29, 1.82) is 0 Å². The van der Waals surface area contributed by atoms with Crippen molar-refractivity contribution in [2.75, 3.05) is 0 Å². The van der Waals surface area contributed by atoms with Crippen molar-refractivity contribution in [2.24, 2.45) is 0 Å². The van der Waals surface area contributed by atoms with Gasteiger partial charge in [-0.15, -0.1) is 6.58 Å². The van der Waals surface area contributed by atoms with Crippen LogP contribution in [0.3, 0.4) is 0 Å². The molecule has 0 spiro atoms. The van der Waals surface area contributed by atoms with Gasteiger partial charge in [-0.3, -0.25) is 0 Å². The summed E-state index contributed by atoms with van der Waals surface area (Å²) in [5.41, 5.74) is 2.13. The van der Waals surface area contributed by atoms with E-state index in [1.807, 2.05) is 43.4 Å². The van der Waals surface area contributed by atoms with Crippen molar-refractivity contribution in [1.82, 2.24) is 0 Å². The predicted molar refractivity (Wildman–Crippen MR) is 85.5 cm³/mol. The Bertz CT molecular complexity index is 462. The van der Waals surface area contributed by atoms with Crippen molar-refractivity contribution in [3.05, 3.63) is 72.1 Å². The Balaban J connectivity index is 0.000000221. The summed E-state index contributed by atoms with van der Waals surface area (Å²) >= 11 is 0. The number of aliphatic hydroxyl groups excluding tert-OH is 2. The number of aliphatic hydroxyl groups is 2. The van der Waals surface area contributed by atoms with E-state index in [0.29, 0.717) is 5.76 Å². The molecule has 2 rings (SSSR count). The van der Waals surface area contributed by atoms with Crippen molar-refractivity contribution >= 4 is 0 Å². The quantitative estimate of drug-likeness (QED) is 0.738. The van der Waals surface area contributed by atoms with Crippen LogP contribution in [0.25, 0.3) is 0 Å². The van der Waals surface area contributed by atoms with Crippen LogP contribution in [0.1, 0.15) is 32.6 Å². The Hall–Kier alpha value is -1.80. The van der Waals surface area contributed by atoms with Crippen LogP contribution in [-0.2, 0) is 0 Å². The van der Waals surface area contributed by atoms with Gasteiger partial charge in [0.15, 0.2) is 0 Å². The summed E-state index contributed by atoms with van der Waals surface area (Å²) in [5.74, 6) is 0.361. The number of hydrogen-bond donors (Lipinski definition) is 2. The van der Waals surface area contributed by atoms with Gasteiger partial charge < -0.3 is 10.2 Å². The molecule has 0 aromatic rings. The Kier molecular flexibility index (Phi) is 7.44. The van der Waals surface area contributed by atoms with Crippen LogP contribution >= 0.6 is 0 Å². The first-order chi connectivity index (χ1) is 9.69. The molecule has 2 aliphatic rings. The zero-order chi connectivity index (χ0) is 14.8. The van der Waals surface area contributed by atoms with Crippen LogP contribution in [0.5, 0.6) is 0 Å². The normalized spacial score (nSPS) is 17.6. The SMILES string of the molecule is C=CCCC(O)CC.OC1=CC=CC=C2CC=CC=C12. The monoisotopic (exact) mass is 272 g/mol. The minimum Gasteiger partial charge on any atom is -0.507 e. The number of fused-ring (bicyclic) bond motifs is 1. The smallest absolute Gasteiger partial charge is 0.123 e. The first-order valence-electron chi connectivity index (χ1n) is 7.12. The van der Waals surface area contributed by atoms with Crippen LogP contribution in [0.15, 0.2) is 72.1 Å². The third-order valence-corrected chi connectivity index (χ3v) is 3.20. The number of rotatable bonds is 4. The first-order valence-corrected chi connectivity index (χ1v) is 7.12. The third-order valence-electron chi connectivity index (χ3n) is 3.20. The predicted octanol–water partition coefficient (Wildman–Crippen LogP) is 4.53. The Labute approximate surface area is 121 Å². The molecule has 0 radical (unpaired) electrons. The summed E-state index contributed by atoms with van der Waals surface area (Å²) in [6.45, 7) is 5.54. The fourth-order valence-corrected chi connectivity index (χ4v) is 1.91. The summed E-state index contributed by atoms with van der Waals surface area (Å²) < 4.78 is 0. The summed E-state index contributed by atoms with van der Waals surface area (Å²) in [5, 5.41) is 18.5. The second kappa shape index (κ2) is 9.16. The standard InChI is InChI=1S/C11H10O.C7H14O/c12-11-8-4-2-6-9-5-1-3-7-10(9)11;1-3-5-6-7(8)4-2/h1-4,6-8,12H,5H2;3,7-8H,1,4-6H2,2H3. The number of hydrogen-bond acceptors (Lipinski definition) is 2. The molecule has 0 aliphatic heterocycles. The summed E-state index contributed by atoms with van der Waals surface area (Å²) in [6, 6.07) is 0. The fraction of sp³-hybridized carbons (Fsp3) is 0.333. The van der Waals surface area contributed by atoms with Gasteiger partial charge in [-0.2, -0.15) is 0 Å². The Morgan fingerprint density at radius 1 is 1.25 bits per heavy atom. The molecule has 0 fully saturated rings. The lowest BCUT2D eigenvalue weighted by atomic mass is 9.97. The van der Waals surface area contributed by atoms with Crippen LogP contribution in [0.2, 0.25) is 0 Å². The molecule has 0 saturated heterocycles. The van der Waals surface area contributed by atoms with Gasteiger partial charge in [0.25, 0.3) is 0 Å². The van der Waals surface area contributed by atoms with Gasteiger partial charge in [-0.1, -0.05) is 49.5 Å². The lowest BCUT2D eigenvalue weighted by molar-refractivity contribution is 0.161. The molecule has 0 bridgehead atoms. The van der Waals surface area contributed by atoms with Crippen LogP contribution in [0, 0.1) is 0 Å². The molecule has 0 heterocycles. The molecule has 0 aromatic carbocycles. The lowest BCUT2D eigenvalue weighted by Gasteiger charge is -2.10. The third kappa shape index (κ3) is 5.45. The Morgan fingerprint density at radius 2 is 2.00 bits per heavy atom. The molecule has 1 atom stereocenters. The minimum atomic E-state index is -0.118. The van der Waals surface area contributed by atoms with Crippen molar-refractivity contribution in [3.8, 4) is 0 Å². The van der Waals surface area contributed by atoms with Gasteiger partial charge in [-0.05, 0) is 37.3 Å². The van der Waals surface area contributed by atoms with Gasteiger partial charge in [0.2, 0.25) is 0 Å². The van der Waals surface area contributed by atoms with Gasteiger partial charge in [0, 0.05) is 5.57 Å². The van der Waals surface area contributed by atoms with Crippen molar-refractivity contribution < 1.29 is 10.2 Å². The highest BCUT2D eigenvalue weighted by Crippen LogP contribution is 2.26. The van der Waals surface area contributed by atoms with E-state index in [4.69, 9.17) is 5.11 Å². The van der Waals surface area contributed by atoms with Gasteiger partial charge in [-0.25, -0.2) is 0 Å². The first kappa shape index (κ1) is 16.3. The zero-order valence-electron chi connectivity index (χ0n) is 12.1. The van der Waals surface area contributed by atoms with E-state index in [1.54, 1.807) is 6.08 Å². The van der Waals surface area contributed by atoms with Crippen LogP contribution < -0.4 is 0 Å². The maximum atomic E-state index is 9.55. The Morgan fingerprint density at radius 3 is 2.70 bits per heavy atom. The van der Waals surface area contributed by atoms with E-state index in [9.17, 15) is 5.11 Å². The topological polar surface area (TPSA) is 40.5 Å². The molecule has 20 heavy (non-hydrogen) atoms. The molecule has 0 aromatic heterocycles. The molecule has 0 amide bonds. The van der Waals surface area contributed by atoms with Crippen LogP contribution in [0.4, 0.5) is 0 Å². The molecule has 2 N–H and O–H groups in total. The summed E-state index contributed by atoms with van der Waals surface area (Å²) in [7, 11) is 0. The maximum Gasteiger partial charge on any atom is 0.123 e. The fourth-order valence-electron chi connectivity index (χ4n) is 1.91. The molecule has 2 heteroatoms. The molecular weight excluding hydrogens is 248 g/mol. The molecule has 0 saturated carbocycles. The highest BCUT2D eigenvalue weighted by molar-refractivity contribution is 5.52. The van der Waals surface area contributed by atoms with Gasteiger partial charge >= 0.3 is 0 Å². The second-order valence-corrected chi connectivity index (χ2v) is 4.77.